The normalized spacial score (nSPS) is 11.0. The molecule has 5 heteroatoms. The molecule has 0 spiro atoms. The molecule has 0 saturated heterocycles. The Morgan fingerprint density at radius 2 is 0.971 bits per heavy atom. The maximum atomic E-state index is 11.9. The number of hydrogen-bond donors (Lipinski definition) is 0. The third-order valence-corrected chi connectivity index (χ3v) is 9.46. The first-order chi connectivity index (χ1) is 17.1. The molecule has 0 fully saturated rings. The smallest absolute Gasteiger partial charge is 0.266 e. The van der Waals surface area contributed by atoms with Crippen molar-refractivity contribution >= 4 is 10.1 Å². The van der Waals surface area contributed by atoms with E-state index in [4.69, 9.17) is 4.18 Å². The largest absolute Gasteiger partial charge is 0.357 e. The Morgan fingerprint density at radius 3 is 1.43 bits per heavy atom. The summed E-state index contributed by atoms with van der Waals surface area (Å²) in [5.74, 6) is 0. The average molecular weight is 608 g/mol. The van der Waals surface area contributed by atoms with Crippen LogP contribution >= 0.6 is 0 Å². The lowest BCUT2D eigenvalue weighted by atomic mass is 10.1. The highest BCUT2D eigenvalue weighted by molar-refractivity contribution is 7.86. The maximum absolute atomic E-state index is 11.9. The van der Waals surface area contributed by atoms with Crippen LogP contribution in [0.15, 0.2) is 95.9 Å². The Bertz CT molecular complexity index is 956. The molecule has 0 aliphatic heterocycles. The van der Waals surface area contributed by atoms with Crippen molar-refractivity contribution in [3.63, 3.8) is 0 Å². The number of rotatable bonds is 15. The van der Waals surface area contributed by atoms with Crippen LogP contribution in [0.5, 0.6) is 0 Å². The Morgan fingerprint density at radius 1 is 0.571 bits per heavy atom. The van der Waals surface area contributed by atoms with Gasteiger partial charge in [0.1, 0.15) is 0 Å². The lowest BCUT2D eigenvalue weighted by Gasteiger charge is -2.05. The van der Waals surface area contributed by atoms with Crippen molar-refractivity contribution in [3.05, 3.63) is 98.1 Å². The van der Waals surface area contributed by atoms with E-state index >= 15 is 0 Å². The quantitative estimate of drug-likeness (QED) is 0.137. The second kappa shape index (κ2) is 18.6. The molecular formula is C30H40IO3S+. The van der Waals surface area contributed by atoms with E-state index in [-0.39, 0.29) is 32.7 Å². The maximum Gasteiger partial charge on any atom is 0.357 e. The highest BCUT2D eigenvalue weighted by atomic mass is 127. The highest BCUT2D eigenvalue weighted by Crippen LogP contribution is 2.13. The molecule has 0 saturated carbocycles. The molecule has 0 bridgehead atoms. The van der Waals surface area contributed by atoms with Crippen LogP contribution < -0.4 is 21.2 Å². The van der Waals surface area contributed by atoms with Gasteiger partial charge in [-0.2, -0.15) is 8.42 Å². The van der Waals surface area contributed by atoms with E-state index in [2.05, 4.69) is 67.6 Å². The molecule has 0 radical (unpaired) electrons. The lowest BCUT2D eigenvalue weighted by Crippen LogP contribution is -3.61. The van der Waals surface area contributed by atoms with E-state index in [1.807, 2.05) is 0 Å². The molecule has 190 valence electrons. The first-order valence-corrected chi connectivity index (χ1v) is 16.4. The van der Waals surface area contributed by atoms with Crippen LogP contribution in [0.1, 0.15) is 71.1 Å². The van der Waals surface area contributed by atoms with Crippen LogP contribution in [0.2, 0.25) is 0 Å². The number of halogens is 1. The highest BCUT2D eigenvalue weighted by Gasteiger charge is 2.14. The average Bonchev–Trinajstić information content (AvgIpc) is 2.89. The summed E-state index contributed by atoms with van der Waals surface area (Å²) in [5, 5.41) is 0. The zero-order valence-electron chi connectivity index (χ0n) is 20.9. The zero-order chi connectivity index (χ0) is 25.0. The van der Waals surface area contributed by atoms with Crippen molar-refractivity contribution in [1.29, 1.82) is 0 Å². The molecule has 0 amide bonds. The summed E-state index contributed by atoms with van der Waals surface area (Å²) >= 11 is 0.0287. The van der Waals surface area contributed by atoms with Crippen molar-refractivity contribution in [3.8, 4) is 0 Å². The molecule has 0 unspecified atom stereocenters. The van der Waals surface area contributed by atoms with Crippen LogP contribution in [-0.2, 0) is 14.3 Å². The SMILES string of the molecule is CCCCCCCCCCCCOS(=O)(=O)c1ccccc1.c1ccc([I+]c2ccccc2)cc1. The molecule has 3 rings (SSSR count). The van der Waals surface area contributed by atoms with Gasteiger partial charge in [-0.1, -0.05) is 119 Å². The van der Waals surface area contributed by atoms with Gasteiger partial charge in [-0.05, 0) is 42.8 Å². The van der Waals surface area contributed by atoms with Gasteiger partial charge in [-0.15, -0.1) is 0 Å². The Labute approximate surface area is 223 Å². The summed E-state index contributed by atoms with van der Waals surface area (Å²) in [6, 6.07) is 29.7. The molecule has 0 heterocycles. The van der Waals surface area contributed by atoms with Crippen LogP contribution in [0.4, 0.5) is 0 Å². The summed E-state index contributed by atoms with van der Waals surface area (Å²) in [4.78, 5) is 0.238. The Hall–Kier alpha value is -1.70. The van der Waals surface area contributed by atoms with E-state index in [1.54, 1.807) is 30.3 Å². The van der Waals surface area contributed by atoms with Crippen molar-refractivity contribution in [1.82, 2.24) is 0 Å². The van der Waals surface area contributed by atoms with Gasteiger partial charge in [0.25, 0.3) is 10.1 Å². The second-order valence-corrected chi connectivity index (χ2v) is 13.1. The second-order valence-electron chi connectivity index (χ2n) is 8.46. The van der Waals surface area contributed by atoms with Crippen LogP contribution in [0.3, 0.4) is 0 Å². The summed E-state index contributed by atoms with van der Waals surface area (Å²) < 4.78 is 31.8. The van der Waals surface area contributed by atoms with Crippen LogP contribution in [0.25, 0.3) is 0 Å². The summed E-state index contributed by atoms with van der Waals surface area (Å²) in [5.41, 5.74) is 0. The molecule has 0 aliphatic rings. The molecule has 3 aromatic rings. The van der Waals surface area contributed by atoms with Gasteiger partial charge in [-0.3, -0.25) is 4.18 Å². The summed E-state index contributed by atoms with van der Waals surface area (Å²) in [7, 11) is -3.57. The molecule has 0 aromatic heterocycles. The van der Waals surface area contributed by atoms with Gasteiger partial charge in [-0.25, -0.2) is 0 Å². The lowest BCUT2D eigenvalue weighted by molar-refractivity contribution is -0.597. The van der Waals surface area contributed by atoms with Crippen molar-refractivity contribution in [2.45, 2.75) is 76.0 Å². The minimum atomic E-state index is -3.57. The van der Waals surface area contributed by atoms with E-state index in [9.17, 15) is 8.42 Å². The first-order valence-electron chi connectivity index (χ1n) is 12.8. The third-order valence-electron chi connectivity index (χ3n) is 5.45. The standard InChI is InChI=1S/C18H30O3S.C12H10I/c1-2-3-4-5-6-7-8-9-10-14-17-21-22(19,20)18-15-12-11-13-16-18;1-3-7-11(8-4-1)13-12-9-5-2-6-10-12/h11-13,15-16H,2-10,14,17H2,1H3;1-10H/q;+1. The van der Waals surface area contributed by atoms with Gasteiger partial charge in [0, 0.05) is 0 Å². The Kier molecular flexibility index (Phi) is 15.7. The van der Waals surface area contributed by atoms with Gasteiger partial charge < -0.3 is 0 Å². The van der Waals surface area contributed by atoms with E-state index in [0.29, 0.717) is 0 Å². The first kappa shape index (κ1) is 29.5. The Balaban J connectivity index is 0.000000279. The van der Waals surface area contributed by atoms with Crippen molar-refractivity contribution < 1.29 is 33.8 Å². The molecular weight excluding hydrogens is 567 g/mol. The predicted octanol–water partition coefficient (Wildman–Crippen LogP) is 5.13. The van der Waals surface area contributed by atoms with E-state index < -0.39 is 10.1 Å². The van der Waals surface area contributed by atoms with Gasteiger partial charge in [0.15, 0.2) is 7.14 Å². The van der Waals surface area contributed by atoms with Crippen LogP contribution in [0, 0.1) is 7.14 Å². The third kappa shape index (κ3) is 13.8. The molecule has 0 N–H and O–H groups in total. The zero-order valence-corrected chi connectivity index (χ0v) is 23.9. The summed E-state index contributed by atoms with van der Waals surface area (Å²) in [6.45, 7) is 2.52. The fraction of sp³-hybridized carbons (Fsp3) is 0.400. The number of hydrogen-bond acceptors (Lipinski definition) is 3. The topological polar surface area (TPSA) is 43.4 Å². The predicted molar refractivity (Wildman–Crippen MR) is 142 cm³/mol. The van der Waals surface area contributed by atoms with E-state index in [0.717, 1.165) is 12.8 Å². The van der Waals surface area contributed by atoms with Crippen LogP contribution in [-0.4, -0.2) is 15.0 Å². The molecule has 35 heavy (non-hydrogen) atoms. The number of unbranched alkanes of at least 4 members (excludes halogenated alkanes) is 9. The van der Waals surface area contributed by atoms with E-state index in [1.165, 1.54) is 58.5 Å². The molecule has 3 nitrogen and oxygen atoms in total. The summed E-state index contributed by atoms with van der Waals surface area (Å²) in [6.07, 6.45) is 12.3. The molecule has 0 atom stereocenters. The molecule has 3 aromatic carbocycles. The van der Waals surface area contributed by atoms with Gasteiger partial charge in [0.05, 0.1) is 11.5 Å². The number of benzene rings is 3. The van der Waals surface area contributed by atoms with Crippen molar-refractivity contribution in [2.24, 2.45) is 0 Å². The fourth-order valence-corrected chi connectivity index (χ4v) is 6.73. The van der Waals surface area contributed by atoms with Gasteiger partial charge in [0.2, 0.25) is 0 Å². The van der Waals surface area contributed by atoms with Crippen molar-refractivity contribution in [2.75, 3.05) is 6.61 Å². The minimum absolute atomic E-state index is 0.0287. The monoisotopic (exact) mass is 607 g/mol. The van der Waals surface area contributed by atoms with Gasteiger partial charge >= 0.3 is 21.2 Å². The minimum Gasteiger partial charge on any atom is -0.266 e. The fourth-order valence-electron chi connectivity index (χ4n) is 3.49. The molecule has 0 aliphatic carbocycles.